The van der Waals surface area contributed by atoms with Crippen LogP contribution in [0.2, 0.25) is 0 Å². The van der Waals surface area contributed by atoms with Gasteiger partial charge in [-0.15, -0.1) is 0 Å². The van der Waals surface area contributed by atoms with Gasteiger partial charge in [-0.3, -0.25) is 15.0 Å². The Hall–Kier alpha value is -1.96. The summed E-state index contributed by atoms with van der Waals surface area (Å²) in [5.74, 6) is 0.140. The Morgan fingerprint density at radius 2 is 1.95 bits per heavy atom. The molecule has 0 amide bonds. The number of hydrogen-bond acceptors (Lipinski definition) is 7. The van der Waals surface area contributed by atoms with Crippen LogP contribution >= 0.6 is 0 Å². The van der Waals surface area contributed by atoms with E-state index in [0.717, 1.165) is 0 Å². The Kier molecular flexibility index (Phi) is 6.29. The molecule has 1 aromatic rings. The van der Waals surface area contributed by atoms with Crippen molar-refractivity contribution in [3.8, 4) is 5.88 Å². The number of nitrogens with one attached hydrogen (secondary N) is 1. The van der Waals surface area contributed by atoms with Crippen molar-refractivity contribution >= 4 is 11.5 Å². The lowest BCUT2D eigenvalue weighted by Gasteiger charge is -2.30. The molecule has 8 nitrogen and oxygen atoms in total. The average Bonchev–Trinajstić information content (AvgIpc) is 2.41. The average molecular weight is 297 g/mol. The van der Waals surface area contributed by atoms with Gasteiger partial charge in [0.1, 0.15) is 12.9 Å². The highest BCUT2D eigenvalue weighted by molar-refractivity contribution is 5.60. The summed E-state index contributed by atoms with van der Waals surface area (Å²) < 4.78 is 5.50. The van der Waals surface area contributed by atoms with Gasteiger partial charge in [-0.2, -0.15) is 4.98 Å². The summed E-state index contributed by atoms with van der Waals surface area (Å²) in [6, 6.07) is 0.753. The fourth-order valence-electron chi connectivity index (χ4n) is 2.18. The molecule has 1 aromatic heterocycles. The van der Waals surface area contributed by atoms with E-state index in [2.05, 4.69) is 47.9 Å². The van der Waals surface area contributed by atoms with Crippen LogP contribution in [-0.4, -0.2) is 52.1 Å². The molecule has 118 valence electrons. The highest BCUT2D eigenvalue weighted by atomic mass is 16.6. The molecule has 0 aliphatic rings. The smallest absolute Gasteiger partial charge is 0.372 e. The summed E-state index contributed by atoms with van der Waals surface area (Å²) in [5.41, 5.74) is -0.236. The molecule has 0 bridgehead atoms. The van der Waals surface area contributed by atoms with Gasteiger partial charge in [-0.05, 0) is 27.7 Å². The molecule has 0 aliphatic heterocycles. The molecule has 1 rings (SSSR count). The van der Waals surface area contributed by atoms with E-state index >= 15 is 0 Å². The minimum absolute atomic E-state index is 0.00758. The first kappa shape index (κ1) is 17.1. The van der Waals surface area contributed by atoms with Crippen LogP contribution in [0.25, 0.3) is 0 Å². The Morgan fingerprint density at radius 1 is 1.33 bits per heavy atom. The molecule has 0 saturated carbocycles. The number of anilines is 1. The van der Waals surface area contributed by atoms with Gasteiger partial charge in [0.05, 0.1) is 4.92 Å². The predicted molar refractivity (Wildman–Crippen MR) is 80.7 cm³/mol. The number of ether oxygens (including phenoxy) is 1. The van der Waals surface area contributed by atoms with Gasteiger partial charge in [0, 0.05) is 25.7 Å². The van der Waals surface area contributed by atoms with Crippen molar-refractivity contribution in [3.63, 3.8) is 0 Å². The Morgan fingerprint density at radius 3 is 2.43 bits per heavy atom. The second-order valence-corrected chi connectivity index (χ2v) is 5.16. The van der Waals surface area contributed by atoms with Crippen LogP contribution in [0.1, 0.15) is 27.7 Å². The SMILES string of the molecule is CNc1ncnc(OCCN(C(C)C)C(C)C)c1[N+](=O)[O-]. The van der Waals surface area contributed by atoms with E-state index < -0.39 is 4.92 Å². The van der Waals surface area contributed by atoms with Gasteiger partial charge < -0.3 is 10.1 Å². The minimum atomic E-state index is -0.538. The summed E-state index contributed by atoms with van der Waals surface area (Å²) in [7, 11) is 1.57. The van der Waals surface area contributed by atoms with Crippen LogP contribution in [-0.2, 0) is 0 Å². The molecule has 0 atom stereocenters. The molecule has 0 fully saturated rings. The van der Waals surface area contributed by atoms with Crippen LogP contribution in [0.5, 0.6) is 5.88 Å². The van der Waals surface area contributed by atoms with Crippen LogP contribution in [0, 0.1) is 10.1 Å². The van der Waals surface area contributed by atoms with Crippen molar-refractivity contribution < 1.29 is 9.66 Å². The molecule has 0 spiro atoms. The second kappa shape index (κ2) is 7.72. The standard InChI is InChI=1S/C13H23N5O3/c1-9(2)17(10(3)4)6-7-21-13-11(18(19)20)12(14-5)15-8-16-13/h8-10H,6-7H2,1-5H3,(H,14,15,16). The molecule has 1 N–H and O–H groups in total. The first-order valence-electron chi connectivity index (χ1n) is 6.94. The monoisotopic (exact) mass is 297 g/mol. The van der Waals surface area contributed by atoms with E-state index in [4.69, 9.17) is 4.74 Å². The van der Waals surface area contributed by atoms with Crippen molar-refractivity contribution in [2.75, 3.05) is 25.5 Å². The highest BCUT2D eigenvalue weighted by Crippen LogP contribution is 2.30. The Bertz CT molecular complexity index is 471. The van der Waals surface area contributed by atoms with Crippen molar-refractivity contribution in [3.05, 3.63) is 16.4 Å². The molecule has 21 heavy (non-hydrogen) atoms. The van der Waals surface area contributed by atoms with E-state index in [-0.39, 0.29) is 17.4 Å². The number of hydrogen-bond donors (Lipinski definition) is 1. The van der Waals surface area contributed by atoms with Crippen LogP contribution in [0.3, 0.4) is 0 Å². The van der Waals surface area contributed by atoms with Gasteiger partial charge >= 0.3 is 5.69 Å². The maximum absolute atomic E-state index is 11.1. The zero-order chi connectivity index (χ0) is 16.0. The molecule has 0 aromatic carbocycles. The zero-order valence-electron chi connectivity index (χ0n) is 13.2. The van der Waals surface area contributed by atoms with E-state index in [1.807, 2.05) is 0 Å². The molecule has 1 heterocycles. The van der Waals surface area contributed by atoms with E-state index in [1.54, 1.807) is 7.05 Å². The maximum Gasteiger partial charge on any atom is 0.372 e. The first-order chi connectivity index (χ1) is 9.88. The topological polar surface area (TPSA) is 93.4 Å². The molecule has 0 unspecified atom stereocenters. The van der Waals surface area contributed by atoms with Crippen LogP contribution < -0.4 is 10.1 Å². The third-order valence-electron chi connectivity index (χ3n) is 3.12. The second-order valence-electron chi connectivity index (χ2n) is 5.16. The van der Waals surface area contributed by atoms with Gasteiger partial charge in [-0.25, -0.2) is 4.98 Å². The third-order valence-corrected chi connectivity index (χ3v) is 3.12. The summed E-state index contributed by atoms with van der Waals surface area (Å²) >= 11 is 0. The van der Waals surface area contributed by atoms with Gasteiger partial charge in [0.2, 0.25) is 5.82 Å². The van der Waals surface area contributed by atoms with Crippen molar-refractivity contribution in [1.29, 1.82) is 0 Å². The van der Waals surface area contributed by atoms with Gasteiger partial charge in [0.25, 0.3) is 5.88 Å². The van der Waals surface area contributed by atoms with E-state index in [9.17, 15) is 10.1 Å². The minimum Gasteiger partial charge on any atom is -0.471 e. The van der Waals surface area contributed by atoms with Crippen LogP contribution in [0.4, 0.5) is 11.5 Å². The van der Waals surface area contributed by atoms with Crippen molar-refractivity contribution in [1.82, 2.24) is 14.9 Å². The quantitative estimate of drug-likeness (QED) is 0.578. The maximum atomic E-state index is 11.1. The van der Waals surface area contributed by atoms with E-state index in [1.165, 1.54) is 6.33 Å². The third kappa shape index (κ3) is 4.52. The number of rotatable bonds is 8. The number of nitro groups is 1. The predicted octanol–water partition coefficient (Wildman–Crippen LogP) is 1.92. The van der Waals surface area contributed by atoms with Crippen molar-refractivity contribution in [2.45, 2.75) is 39.8 Å². The highest BCUT2D eigenvalue weighted by Gasteiger charge is 2.24. The molecular formula is C13H23N5O3. The molecule has 0 saturated heterocycles. The Labute approximate surface area is 124 Å². The summed E-state index contributed by atoms with van der Waals surface area (Å²) in [5, 5.41) is 13.8. The number of aromatic nitrogens is 2. The fourth-order valence-corrected chi connectivity index (χ4v) is 2.18. The first-order valence-corrected chi connectivity index (χ1v) is 6.94. The molecule has 8 heteroatoms. The molecule has 0 aliphatic carbocycles. The van der Waals surface area contributed by atoms with Gasteiger partial charge in [0.15, 0.2) is 0 Å². The lowest BCUT2D eigenvalue weighted by atomic mass is 10.2. The fraction of sp³-hybridized carbons (Fsp3) is 0.692. The van der Waals surface area contributed by atoms with Gasteiger partial charge in [-0.1, -0.05) is 0 Å². The lowest BCUT2D eigenvalue weighted by molar-refractivity contribution is -0.385. The Balaban J connectivity index is 2.78. The summed E-state index contributed by atoms with van der Waals surface area (Å²) in [4.78, 5) is 20.5. The lowest BCUT2D eigenvalue weighted by Crippen LogP contribution is -2.39. The zero-order valence-corrected chi connectivity index (χ0v) is 13.2. The van der Waals surface area contributed by atoms with Crippen molar-refractivity contribution in [2.24, 2.45) is 0 Å². The van der Waals surface area contributed by atoms with E-state index in [0.29, 0.717) is 25.2 Å². The number of nitrogens with zero attached hydrogens (tertiary/aromatic N) is 4. The largest absolute Gasteiger partial charge is 0.471 e. The normalized spacial score (nSPS) is 11.2. The molecular weight excluding hydrogens is 274 g/mol. The summed E-state index contributed by atoms with van der Waals surface area (Å²) in [6.45, 7) is 9.42. The van der Waals surface area contributed by atoms with Crippen LogP contribution in [0.15, 0.2) is 6.33 Å². The molecule has 0 radical (unpaired) electrons. The summed E-state index contributed by atoms with van der Waals surface area (Å²) in [6.07, 6.45) is 1.25.